The summed E-state index contributed by atoms with van der Waals surface area (Å²) in [5, 5.41) is 6.04. The Morgan fingerprint density at radius 3 is 0.642 bits per heavy atom. The van der Waals surface area contributed by atoms with Crippen LogP contribution in [0.2, 0.25) is 0 Å². The van der Waals surface area contributed by atoms with Gasteiger partial charge in [0.15, 0.2) is 0 Å². The molecule has 0 aliphatic carbocycles. The van der Waals surface area contributed by atoms with Crippen molar-refractivity contribution in [2.75, 3.05) is 79.0 Å². The summed E-state index contributed by atoms with van der Waals surface area (Å²) in [5.41, 5.74) is 4.06. The number of hydrogen-bond donors (Lipinski definition) is 0. The first-order valence-corrected chi connectivity index (χ1v) is 32.6. The number of carbonyl (C=O) groups is 14. The quantitative estimate of drug-likeness (QED) is 0.00879. The first-order valence-electron chi connectivity index (χ1n) is 32.6. The number of hydrogen-bond acceptors (Lipinski definition) is 22. The Balaban J connectivity index is 0.000000164. The van der Waals surface area contributed by atoms with Crippen LogP contribution in [0.5, 0.6) is 11.5 Å². The van der Waals surface area contributed by atoms with E-state index in [9.17, 15) is 67.1 Å². The number of amides is 8. The number of esters is 6. The minimum atomic E-state index is -0.684. The summed E-state index contributed by atoms with van der Waals surface area (Å²) < 4.78 is 40.5. The lowest BCUT2D eigenvalue weighted by atomic mass is 9.82. The highest BCUT2D eigenvalue weighted by molar-refractivity contribution is 6.41. The van der Waals surface area contributed by atoms with E-state index in [2.05, 4.69) is 39.5 Å². The SMILES string of the molecule is C=CC(=O)OCCN1C(=O)c2ccc3c4c(ccc(c24)C1=O)C(=O)N(CCOC(=O)C=C)C3=O.C=CC(=O)OCCN1C(=O)c2ccc3c4ccc5c6c(ccc(c7ccc(c2c37)C1=O)c64)C(=O)N(CCOC(=O)C=C)C5=O.C=CC(=O)OCCOc1ccc(-c2ccc(OCCOC(=O)C=C)cc2)cc1. The van der Waals surface area contributed by atoms with E-state index >= 15 is 0 Å². The zero-order chi connectivity index (χ0) is 75.6. The fourth-order valence-corrected chi connectivity index (χ4v) is 12.5. The van der Waals surface area contributed by atoms with Crippen LogP contribution in [-0.2, 0) is 57.2 Å². The number of ether oxygens (including phenoxy) is 8. The zero-order valence-corrected chi connectivity index (χ0v) is 56.5. The molecule has 4 heterocycles. The standard InChI is InChI=1S/C34H22N2O8.C24H18N2O8.C22H22O6/c1-3-25(37)43-15-13-35-31(39)21-9-5-17-19-7-11-23-30-24(34(42)36(33(23)41)14-16-44-26(38)4-2)12-8-20(28(19)30)18-6-10-22(32(35)40)29(21)27(17)18;1-3-17(27)33-11-9-25-21(29)13-5-7-15-20-16(8-6-14(19(13)20)22(25)30)24(32)26(23(15)31)10-12-34-18(28)4-2;1-3-21(23)27-15-13-25-19-9-5-17(6-10-19)18-7-11-20(12-8-18)26-14-16-28-22(24)4-2/h3-12H,1-2,13-16H2;3-8H,1-2,9-12H2;3-12H,1-2,13-16H2. The smallest absolute Gasteiger partial charge is 0.330 e. The highest BCUT2D eigenvalue weighted by Gasteiger charge is 2.41. The summed E-state index contributed by atoms with van der Waals surface area (Å²) in [6, 6.07) is 34.8. The van der Waals surface area contributed by atoms with Crippen molar-refractivity contribution in [1.29, 1.82) is 0 Å². The van der Waals surface area contributed by atoms with Crippen molar-refractivity contribution < 1.29 is 105 Å². The molecule has 26 heteroatoms. The molecule has 0 radical (unpaired) electrons. The Hall–Kier alpha value is -14.0. The molecule has 0 fully saturated rings. The van der Waals surface area contributed by atoms with Gasteiger partial charge >= 0.3 is 35.8 Å². The number of carbonyl (C=O) groups excluding carboxylic acids is 14. The molecule has 0 aromatic heterocycles. The minimum Gasteiger partial charge on any atom is -0.490 e. The van der Waals surface area contributed by atoms with Gasteiger partial charge < -0.3 is 37.9 Å². The molecule has 9 aromatic rings. The van der Waals surface area contributed by atoms with E-state index in [0.717, 1.165) is 99.5 Å². The Morgan fingerprint density at radius 1 is 0.245 bits per heavy atom. The monoisotopic (exact) mass is 1430 g/mol. The van der Waals surface area contributed by atoms with E-state index < -0.39 is 83.1 Å². The van der Waals surface area contributed by atoms with Gasteiger partial charge in [-0.15, -0.1) is 0 Å². The second-order valence-electron chi connectivity index (χ2n) is 23.2. The van der Waals surface area contributed by atoms with E-state index in [4.69, 9.17) is 37.9 Å². The van der Waals surface area contributed by atoms with Crippen molar-refractivity contribution in [3.63, 3.8) is 0 Å². The summed E-state index contributed by atoms with van der Waals surface area (Å²) in [6.45, 7) is 19.5. The normalized spacial score (nSPS) is 13.1. The van der Waals surface area contributed by atoms with Crippen molar-refractivity contribution in [2.45, 2.75) is 0 Å². The van der Waals surface area contributed by atoms with Gasteiger partial charge in [-0.25, -0.2) is 28.8 Å². The van der Waals surface area contributed by atoms with Crippen molar-refractivity contribution in [3.8, 4) is 22.6 Å². The predicted molar refractivity (Wildman–Crippen MR) is 383 cm³/mol. The third kappa shape index (κ3) is 14.5. The number of nitrogens with zero attached hydrogens (tertiary/aromatic N) is 4. The van der Waals surface area contributed by atoms with Crippen molar-refractivity contribution in [1.82, 2.24) is 19.6 Å². The Labute approximate surface area is 602 Å². The van der Waals surface area contributed by atoms with Crippen LogP contribution in [0, 0.1) is 0 Å². The van der Waals surface area contributed by atoms with Crippen molar-refractivity contribution in [2.24, 2.45) is 0 Å². The summed E-state index contributed by atoms with van der Waals surface area (Å²) >= 11 is 0. The molecule has 8 amide bonds. The third-order valence-corrected chi connectivity index (χ3v) is 17.3. The molecule has 106 heavy (non-hydrogen) atoms. The molecule has 26 nitrogen and oxygen atoms in total. The molecule has 13 rings (SSSR count). The number of imide groups is 4. The first-order chi connectivity index (χ1) is 51.2. The number of rotatable bonds is 27. The molecule has 0 atom stereocenters. The molecule has 534 valence electrons. The molecule has 0 saturated heterocycles. The Kier molecular flexibility index (Phi) is 22.0. The van der Waals surface area contributed by atoms with Crippen LogP contribution in [0.25, 0.3) is 65.0 Å². The lowest BCUT2D eigenvalue weighted by molar-refractivity contribution is -0.139. The van der Waals surface area contributed by atoms with E-state index in [1.807, 2.05) is 72.8 Å². The van der Waals surface area contributed by atoms with Crippen LogP contribution in [0.15, 0.2) is 197 Å². The van der Waals surface area contributed by atoms with E-state index in [-0.39, 0.29) is 112 Å². The summed E-state index contributed by atoms with van der Waals surface area (Å²) in [7, 11) is 0. The van der Waals surface area contributed by atoms with Gasteiger partial charge in [-0.2, -0.15) is 0 Å². The molecule has 0 saturated carbocycles. The lowest BCUT2D eigenvalue weighted by Crippen LogP contribution is -2.45. The molecule has 9 aromatic carbocycles. The average Bonchev–Trinajstić information content (AvgIpc) is 0.696. The molecule has 0 N–H and O–H groups in total. The topological polar surface area (TPSA) is 326 Å². The van der Waals surface area contributed by atoms with Crippen LogP contribution in [0.4, 0.5) is 0 Å². The minimum absolute atomic E-state index is 0.106. The zero-order valence-electron chi connectivity index (χ0n) is 56.5. The largest absolute Gasteiger partial charge is 0.490 e. The van der Waals surface area contributed by atoms with Crippen LogP contribution < -0.4 is 9.47 Å². The molecular weight excluding hydrogens is 1370 g/mol. The van der Waals surface area contributed by atoms with Gasteiger partial charge in [-0.3, -0.25) is 58.0 Å². The Morgan fingerprint density at radius 2 is 0.434 bits per heavy atom. The first kappa shape index (κ1) is 73.2. The molecule has 0 unspecified atom stereocenters. The highest BCUT2D eigenvalue weighted by Crippen LogP contribution is 2.47. The molecule has 4 aliphatic heterocycles. The van der Waals surface area contributed by atoms with Crippen LogP contribution in [-0.4, -0.2) is 182 Å². The van der Waals surface area contributed by atoms with E-state index in [0.29, 0.717) is 44.5 Å². The number of fused-ring (bicyclic) bond motifs is 2. The second-order valence-corrected chi connectivity index (χ2v) is 23.2. The highest BCUT2D eigenvalue weighted by atomic mass is 16.6. The van der Waals surface area contributed by atoms with E-state index in [1.54, 1.807) is 24.3 Å². The van der Waals surface area contributed by atoms with Crippen molar-refractivity contribution in [3.05, 3.63) is 242 Å². The van der Waals surface area contributed by atoms with E-state index in [1.165, 1.54) is 24.3 Å². The van der Waals surface area contributed by atoms with Gasteiger partial charge in [0.25, 0.3) is 47.3 Å². The number of benzene rings is 9. The fraction of sp³-hybridized carbons (Fsp3) is 0.150. The summed E-state index contributed by atoms with van der Waals surface area (Å²) in [4.78, 5) is 178. The predicted octanol–water partition coefficient (Wildman–Crippen LogP) is 9.45. The van der Waals surface area contributed by atoms with Gasteiger partial charge in [0, 0.05) is 103 Å². The van der Waals surface area contributed by atoms with Gasteiger partial charge in [0.05, 0.1) is 26.2 Å². The van der Waals surface area contributed by atoms with Gasteiger partial charge in [0.1, 0.15) is 64.4 Å². The van der Waals surface area contributed by atoms with Crippen LogP contribution >= 0.6 is 0 Å². The van der Waals surface area contributed by atoms with Crippen molar-refractivity contribution >= 4 is 137 Å². The van der Waals surface area contributed by atoms with Gasteiger partial charge in [0.2, 0.25) is 0 Å². The summed E-state index contributed by atoms with van der Waals surface area (Å²) in [5.74, 6) is -6.72. The van der Waals surface area contributed by atoms with Crippen LogP contribution in [0.1, 0.15) is 82.9 Å². The molecular formula is C80H62N4O22. The maximum Gasteiger partial charge on any atom is 0.330 e. The molecule has 4 aliphatic rings. The molecule has 0 bridgehead atoms. The second kappa shape index (κ2) is 31.9. The lowest BCUT2D eigenvalue weighted by Gasteiger charge is -2.31. The maximum atomic E-state index is 13.5. The Bertz CT molecular complexity index is 4790. The van der Waals surface area contributed by atoms with Crippen LogP contribution in [0.3, 0.4) is 0 Å². The fourth-order valence-electron chi connectivity index (χ4n) is 12.5. The third-order valence-electron chi connectivity index (χ3n) is 17.3. The molecule has 0 spiro atoms. The van der Waals surface area contributed by atoms with Gasteiger partial charge in [-0.1, -0.05) is 88.0 Å². The average molecular weight is 1430 g/mol. The maximum absolute atomic E-state index is 13.5. The van der Waals surface area contributed by atoms with Gasteiger partial charge in [-0.05, 0) is 116 Å². The summed E-state index contributed by atoms with van der Waals surface area (Å²) in [6.07, 6.45) is 6.19.